The number of benzene rings is 2. The summed E-state index contributed by atoms with van der Waals surface area (Å²) in [6.45, 7) is 6.55. The third kappa shape index (κ3) is 5.86. The Morgan fingerprint density at radius 2 is 1.85 bits per heavy atom. The maximum absolute atomic E-state index is 12.8. The van der Waals surface area contributed by atoms with Gasteiger partial charge in [0.1, 0.15) is 24.2 Å². The molecule has 0 saturated heterocycles. The van der Waals surface area contributed by atoms with Gasteiger partial charge in [0.15, 0.2) is 5.78 Å². The first-order chi connectivity index (χ1) is 12.3. The van der Waals surface area contributed by atoms with Crippen molar-refractivity contribution >= 4 is 5.78 Å². The lowest BCUT2D eigenvalue weighted by Crippen LogP contribution is -2.42. The molecule has 0 fully saturated rings. The third-order valence-corrected chi connectivity index (χ3v) is 3.77. The summed E-state index contributed by atoms with van der Waals surface area (Å²) in [5.41, 5.74) is 0.927. The fraction of sp³-hybridized carbons (Fsp3) is 0.381. The zero-order valence-electron chi connectivity index (χ0n) is 15.8. The third-order valence-electron chi connectivity index (χ3n) is 3.77. The average molecular weight is 357 g/mol. The minimum Gasteiger partial charge on any atom is -0.497 e. The van der Waals surface area contributed by atoms with Crippen molar-refractivity contribution in [2.45, 2.75) is 32.4 Å². The second-order valence-electron chi connectivity index (χ2n) is 7.15. The van der Waals surface area contributed by atoms with Gasteiger partial charge in [0.25, 0.3) is 0 Å². The summed E-state index contributed by atoms with van der Waals surface area (Å²) in [6, 6.07) is 14.1. The van der Waals surface area contributed by atoms with Gasteiger partial charge in [-0.05, 0) is 32.9 Å². The molecule has 140 valence electrons. The topological polar surface area (TPSA) is 67.8 Å². The second-order valence-corrected chi connectivity index (χ2v) is 7.15. The van der Waals surface area contributed by atoms with E-state index < -0.39 is 6.10 Å². The first-order valence-electron chi connectivity index (χ1n) is 8.64. The molecule has 2 aromatic carbocycles. The van der Waals surface area contributed by atoms with Gasteiger partial charge in [-0.25, -0.2) is 0 Å². The van der Waals surface area contributed by atoms with E-state index in [0.29, 0.717) is 29.2 Å². The lowest BCUT2D eigenvalue weighted by atomic mass is 10.0. The van der Waals surface area contributed by atoms with Crippen LogP contribution in [0, 0.1) is 0 Å². The summed E-state index contributed by atoms with van der Waals surface area (Å²) in [4.78, 5) is 12.8. The second kappa shape index (κ2) is 8.83. The van der Waals surface area contributed by atoms with Crippen molar-refractivity contribution in [3.05, 3.63) is 59.7 Å². The van der Waals surface area contributed by atoms with Crippen LogP contribution in [0.5, 0.6) is 11.5 Å². The first kappa shape index (κ1) is 19.9. The van der Waals surface area contributed by atoms with Gasteiger partial charge in [-0.3, -0.25) is 4.79 Å². The van der Waals surface area contributed by atoms with Gasteiger partial charge in [-0.2, -0.15) is 0 Å². The molecule has 0 aliphatic carbocycles. The molecule has 0 amide bonds. The maximum atomic E-state index is 12.8. The van der Waals surface area contributed by atoms with E-state index in [-0.39, 0.29) is 17.9 Å². The number of methoxy groups -OCH3 is 1. The van der Waals surface area contributed by atoms with Gasteiger partial charge in [-0.1, -0.05) is 30.3 Å². The maximum Gasteiger partial charge on any atom is 0.196 e. The number of aliphatic hydroxyl groups is 1. The van der Waals surface area contributed by atoms with Crippen LogP contribution in [0.2, 0.25) is 0 Å². The number of hydrogen-bond donors (Lipinski definition) is 2. The van der Waals surface area contributed by atoms with E-state index in [4.69, 9.17) is 9.47 Å². The van der Waals surface area contributed by atoms with Crippen LogP contribution in [0.25, 0.3) is 0 Å². The van der Waals surface area contributed by atoms with Gasteiger partial charge < -0.3 is 19.9 Å². The fourth-order valence-electron chi connectivity index (χ4n) is 2.35. The van der Waals surface area contributed by atoms with Gasteiger partial charge in [0, 0.05) is 23.7 Å². The predicted octanol–water partition coefficient (Wildman–Crippen LogP) is 3.05. The molecule has 0 radical (unpaired) electrons. The molecule has 0 saturated carbocycles. The van der Waals surface area contributed by atoms with Crippen molar-refractivity contribution in [1.82, 2.24) is 5.32 Å². The highest BCUT2D eigenvalue weighted by Crippen LogP contribution is 2.27. The van der Waals surface area contributed by atoms with Crippen molar-refractivity contribution in [2.24, 2.45) is 0 Å². The normalized spacial score (nSPS) is 12.5. The van der Waals surface area contributed by atoms with Crippen LogP contribution in [0.4, 0.5) is 0 Å². The van der Waals surface area contributed by atoms with Gasteiger partial charge in [-0.15, -0.1) is 0 Å². The van der Waals surface area contributed by atoms with E-state index >= 15 is 0 Å². The monoisotopic (exact) mass is 357 g/mol. The molecule has 2 aromatic rings. The van der Waals surface area contributed by atoms with Crippen molar-refractivity contribution in [3.63, 3.8) is 0 Å². The van der Waals surface area contributed by atoms with E-state index in [9.17, 15) is 9.90 Å². The Bertz CT molecular complexity index is 723. The highest BCUT2D eigenvalue weighted by molar-refractivity contribution is 6.10. The molecular weight excluding hydrogens is 330 g/mol. The number of rotatable bonds is 8. The standard InChI is InChI=1S/C21H27NO4/c1-21(2,3)22-13-16(23)14-26-19-12-17(25-4)10-11-18(19)20(24)15-8-6-5-7-9-15/h5-12,16,22-23H,13-14H2,1-4H3. The highest BCUT2D eigenvalue weighted by atomic mass is 16.5. The van der Waals surface area contributed by atoms with E-state index in [2.05, 4.69) is 5.32 Å². The molecule has 1 unspecified atom stereocenters. The SMILES string of the molecule is COc1ccc(C(=O)c2ccccc2)c(OCC(O)CNC(C)(C)C)c1. The van der Waals surface area contributed by atoms with Gasteiger partial charge in [0.05, 0.1) is 12.7 Å². The van der Waals surface area contributed by atoms with Crippen LogP contribution in [-0.4, -0.2) is 42.8 Å². The number of nitrogens with one attached hydrogen (secondary N) is 1. The number of carbonyl (C=O) groups excluding carboxylic acids is 1. The Balaban J connectivity index is 2.14. The van der Waals surface area contributed by atoms with Crippen LogP contribution in [0.1, 0.15) is 36.7 Å². The molecule has 0 aromatic heterocycles. The number of carbonyl (C=O) groups is 1. The minimum absolute atomic E-state index is 0.0747. The Morgan fingerprint density at radius 1 is 1.15 bits per heavy atom. The minimum atomic E-state index is -0.694. The van der Waals surface area contributed by atoms with Crippen LogP contribution < -0.4 is 14.8 Å². The molecule has 5 nitrogen and oxygen atoms in total. The lowest BCUT2D eigenvalue weighted by Gasteiger charge is -2.23. The van der Waals surface area contributed by atoms with Crippen molar-refractivity contribution in [2.75, 3.05) is 20.3 Å². The van der Waals surface area contributed by atoms with Crippen molar-refractivity contribution in [3.8, 4) is 11.5 Å². The van der Waals surface area contributed by atoms with E-state index in [1.807, 2.05) is 39.0 Å². The summed E-state index contributed by atoms with van der Waals surface area (Å²) in [6.07, 6.45) is -0.694. The van der Waals surface area contributed by atoms with Crippen LogP contribution in [0.3, 0.4) is 0 Å². The summed E-state index contributed by atoms with van der Waals surface area (Å²) < 4.78 is 11.0. The highest BCUT2D eigenvalue weighted by Gasteiger charge is 2.18. The fourth-order valence-corrected chi connectivity index (χ4v) is 2.35. The van der Waals surface area contributed by atoms with Gasteiger partial charge in [0.2, 0.25) is 0 Å². The lowest BCUT2D eigenvalue weighted by molar-refractivity contribution is 0.0958. The van der Waals surface area contributed by atoms with Crippen LogP contribution in [-0.2, 0) is 0 Å². The molecule has 0 bridgehead atoms. The van der Waals surface area contributed by atoms with Crippen molar-refractivity contribution in [1.29, 1.82) is 0 Å². The zero-order valence-corrected chi connectivity index (χ0v) is 15.8. The molecule has 26 heavy (non-hydrogen) atoms. The van der Waals surface area contributed by atoms with Gasteiger partial charge >= 0.3 is 0 Å². The largest absolute Gasteiger partial charge is 0.497 e. The van der Waals surface area contributed by atoms with E-state index in [0.717, 1.165) is 0 Å². The summed E-state index contributed by atoms with van der Waals surface area (Å²) >= 11 is 0. The quantitative estimate of drug-likeness (QED) is 0.711. The summed E-state index contributed by atoms with van der Waals surface area (Å²) in [5, 5.41) is 13.4. The molecule has 0 aliphatic heterocycles. The number of aliphatic hydroxyl groups excluding tert-OH is 1. The summed E-state index contributed by atoms with van der Waals surface area (Å²) in [7, 11) is 1.56. The van der Waals surface area contributed by atoms with Crippen LogP contribution in [0.15, 0.2) is 48.5 Å². The molecule has 0 heterocycles. The Kier molecular flexibility index (Phi) is 6.77. The number of ether oxygens (including phenoxy) is 2. The smallest absolute Gasteiger partial charge is 0.196 e. The molecule has 5 heteroatoms. The molecule has 0 aliphatic rings. The first-order valence-corrected chi connectivity index (χ1v) is 8.64. The predicted molar refractivity (Wildman–Crippen MR) is 102 cm³/mol. The van der Waals surface area contributed by atoms with E-state index in [1.54, 1.807) is 37.4 Å². The molecular formula is C21H27NO4. The van der Waals surface area contributed by atoms with Crippen LogP contribution >= 0.6 is 0 Å². The number of hydrogen-bond acceptors (Lipinski definition) is 5. The number of β-amino-alcohol motifs (C(OH)–C–C–N with tert-alkyl or cyclic N) is 1. The number of ketones is 1. The summed E-state index contributed by atoms with van der Waals surface area (Å²) in [5.74, 6) is 0.852. The Morgan fingerprint density at radius 3 is 2.46 bits per heavy atom. The molecule has 1 atom stereocenters. The Hall–Kier alpha value is -2.37. The van der Waals surface area contributed by atoms with Crippen molar-refractivity contribution < 1.29 is 19.4 Å². The molecule has 2 N–H and O–H groups in total. The molecule has 2 rings (SSSR count). The molecule has 0 spiro atoms. The Labute approximate surface area is 155 Å². The average Bonchev–Trinajstić information content (AvgIpc) is 2.64. The van der Waals surface area contributed by atoms with E-state index in [1.165, 1.54) is 0 Å². The zero-order chi connectivity index (χ0) is 19.2.